The van der Waals surface area contributed by atoms with E-state index in [0.29, 0.717) is 37.9 Å². The molecule has 0 saturated carbocycles. The molecule has 1 unspecified atom stereocenters. The lowest BCUT2D eigenvalue weighted by molar-refractivity contribution is -0.124. The SMILES string of the molecule is C#CCC(C=O)NC(=O)CCCCOc1cc(C)cc(F)c1. The van der Waals surface area contributed by atoms with E-state index in [1.165, 1.54) is 12.1 Å². The molecule has 0 fully saturated rings. The van der Waals surface area contributed by atoms with E-state index in [4.69, 9.17) is 11.2 Å². The lowest BCUT2D eigenvalue weighted by atomic mass is 10.2. The molecule has 0 aliphatic carbocycles. The van der Waals surface area contributed by atoms with E-state index in [-0.39, 0.29) is 18.1 Å². The summed E-state index contributed by atoms with van der Waals surface area (Å²) in [5.74, 6) is 2.27. The van der Waals surface area contributed by atoms with Crippen LogP contribution in [-0.4, -0.2) is 24.8 Å². The number of benzene rings is 1. The van der Waals surface area contributed by atoms with E-state index >= 15 is 0 Å². The molecule has 1 aromatic rings. The van der Waals surface area contributed by atoms with Crippen molar-refractivity contribution in [2.75, 3.05) is 6.61 Å². The van der Waals surface area contributed by atoms with Crippen molar-refractivity contribution >= 4 is 12.2 Å². The first-order chi connectivity index (χ1) is 10.5. The summed E-state index contributed by atoms with van der Waals surface area (Å²) in [4.78, 5) is 22.2. The lowest BCUT2D eigenvalue weighted by Gasteiger charge is -2.10. The molecule has 1 amide bonds. The van der Waals surface area contributed by atoms with Crippen LogP contribution in [0.3, 0.4) is 0 Å². The van der Waals surface area contributed by atoms with Gasteiger partial charge < -0.3 is 14.8 Å². The van der Waals surface area contributed by atoms with Crippen LogP contribution in [0.5, 0.6) is 5.75 Å². The summed E-state index contributed by atoms with van der Waals surface area (Å²) >= 11 is 0. The van der Waals surface area contributed by atoms with Crippen LogP contribution in [0, 0.1) is 25.1 Å². The van der Waals surface area contributed by atoms with Crippen molar-refractivity contribution < 1.29 is 18.7 Å². The Kier molecular flexibility index (Phi) is 7.69. The van der Waals surface area contributed by atoms with Crippen molar-refractivity contribution in [3.8, 4) is 18.1 Å². The number of carbonyl (C=O) groups is 2. The number of hydrogen-bond acceptors (Lipinski definition) is 3. The topological polar surface area (TPSA) is 55.4 Å². The maximum absolute atomic E-state index is 13.2. The highest BCUT2D eigenvalue weighted by Gasteiger charge is 2.09. The number of nitrogens with one attached hydrogen (secondary N) is 1. The van der Waals surface area contributed by atoms with Gasteiger partial charge in [0.25, 0.3) is 0 Å². The number of amides is 1. The van der Waals surface area contributed by atoms with Gasteiger partial charge in [-0.25, -0.2) is 4.39 Å². The summed E-state index contributed by atoms with van der Waals surface area (Å²) in [6.07, 6.45) is 7.48. The molecule has 4 nitrogen and oxygen atoms in total. The Morgan fingerprint density at radius 2 is 2.23 bits per heavy atom. The number of carbonyl (C=O) groups excluding carboxylic acids is 2. The van der Waals surface area contributed by atoms with Gasteiger partial charge in [-0.15, -0.1) is 12.3 Å². The summed E-state index contributed by atoms with van der Waals surface area (Å²) in [6.45, 7) is 2.19. The summed E-state index contributed by atoms with van der Waals surface area (Å²) in [5, 5.41) is 2.55. The minimum Gasteiger partial charge on any atom is -0.493 e. The zero-order valence-corrected chi connectivity index (χ0v) is 12.6. The number of unbranched alkanes of at least 4 members (excludes halogenated alkanes) is 1. The molecule has 0 aliphatic rings. The number of halogens is 1. The average molecular weight is 305 g/mol. The highest BCUT2D eigenvalue weighted by Crippen LogP contribution is 2.16. The van der Waals surface area contributed by atoms with Crippen LogP contribution in [0.4, 0.5) is 4.39 Å². The fraction of sp³-hybridized carbons (Fsp3) is 0.412. The number of terminal acetylenes is 1. The quantitative estimate of drug-likeness (QED) is 0.433. The van der Waals surface area contributed by atoms with Crippen molar-refractivity contribution in [3.63, 3.8) is 0 Å². The van der Waals surface area contributed by atoms with Crippen molar-refractivity contribution in [3.05, 3.63) is 29.6 Å². The maximum atomic E-state index is 13.2. The molecule has 0 aromatic heterocycles. The zero-order valence-electron chi connectivity index (χ0n) is 12.6. The lowest BCUT2D eigenvalue weighted by Crippen LogP contribution is -2.35. The van der Waals surface area contributed by atoms with E-state index in [0.717, 1.165) is 5.56 Å². The molecule has 22 heavy (non-hydrogen) atoms. The van der Waals surface area contributed by atoms with E-state index < -0.39 is 6.04 Å². The predicted octanol–water partition coefficient (Wildman–Crippen LogP) is 2.39. The molecular weight excluding hydrogens is 285 g/mol. The molecule has 0 aliphatic heterocycles. The first kappa shape index (κ1) is 17.7. The van der Waals surface area contributed by atoms with Crippen molar-refractivity contribution in [2.24, 2.45) is 0 Å². The van der Waals surface area contributed by atoms with Gasteiger partial charge in [0.15, 0.2) is 0 Å². The Balaban J connectivity index is 2.21. The minimum atomic E-state index is -0.621. The van der Waals surface area contributed by atoms with E-state index in [1.54, 1.807) is 13.0 Å². The number of rotatable bonds is 9. The molecule has 1 atom stereocenters. The summed E-state index contributed by atoms with van der Waals surface area (Å²) in [5.41, 5.74) is 0.794. The van der Waals surface area contributed by atoms with Gasteiger partial charge in [0, 0.05) is 18.9 Å². The highest BCUT2D eigenvalue weighted by molar-refractivity contribution is 5.79. The number of aryl methyl sites for hydroxylation is 1. The molecule has 0 saturated heterocycles. The highest BCUT2D eigenvalue weighted by atomic mass is 19.1. The van der Waals surface area contributed by atoms with Gasteiger partial charge in [-0.2, -0.15) is 0 Å². The molecule has 0 spiro atoms. The standard InChI is InChI=1S/C17H20FNO3/c1-3-6-15(12-20)19-17(21)7-4-5-8-22-16-10-13(2)9-14(18)11-16/h1,9-12,15H,4-8H2,2H3,(H,19,21). The second-order valence-corrected chi connectivity index (χ2v) is 4.99. The monoisotopic (exact) mass is 305 g/mol. The Labute approximate surface area is 130 Å². The molecule has 1 rings (SSSR count). The van der Waals surface area contributed by atoms with Crippen molar-refractivity contribution in [2.45, 2.75) is 38.6 Å². The van der Waals surface area contributed by atoms with E-state index in [1.807, 2.05) is 0 Å². The van der Waals surface area contributed by atoms with Crippen LogP contribution in [0.1, 0.15) is 31.2 Å². The maximum Gasteiger partial charge on any atom is 0.220 e. The summed E-state index contributed by atoms with van der Waals surface area (Å²) in [6, 6.07) is 3.89. The van der Waals surface area contributed by atoms with Gasteiger partial charge in [0.05, 0.1) is 12.6 Å². The number of aldehydes is 1. The fourth-order valence-electron chi connectivity index (χ4n) is 1.90. The molecular formula is C17H20FNO3. The van der Waals surface area contributed by atoms with Gasteiger partial charge in [-0.05, 0) is 37.5 Å². The predicted molar refractivity (Wildman–Crippen MR) is 81.9 cm³/mol. The average Bonchev–Trinajstić information content (AvgIpc) is 2.45. The van der Waals surface area contributed by atoms with Crippen LogP contribution in [-0.2, 0) is 9.59 Å². The van der Waals surface area contributed by atoms with Crippen LogP contribution < -0.4 is 10.1 Å². The Bertz CT molecular complexity index is 531. The first-order valence-electron chi connectivity index (χ1n) is 7.13. The molecule has 0 radical (unpaired) electrons. The Hall–Kier alpha value is -2.35. The molecule has 0 bridgehead atoms. The third-order valence-corrected chi connectivity index (χ3v) is 2.93. The van der Waals surface area contributed by atoms with Gasteiger partial charge in [0.1, 0.15) is 17.9 Å². The molecule has 5 heteroatoms. The molecule has 118 valence electrons. The smallest absolute Gasteiger partial charge is 0.220 e. The zero-order chi connectivity index (χ0) is 16.4. The van der Waals surface area contributed by atoms with Crippen molar-refractivity contribution in [1.29, 1.82) is 0 Å². The second-order valence-electron chi connectivity index (χ2n) is 4.99. The molecule has 0 heterocycles. The van der Waals surface area contributed by atoms with Crippen molar-refractivity contribution in [1.82, 2.24) is 5.32 Å². The minimum absolute atomic E-state index is 0.192. The summed E-state index contributed by atoms with van der Waals surface area (Å²) in [7, 11) is 0. The van der Waals surface area contributed by atoms with Gasteiger partial charge in [0.2, 0.25) is 5.91 Å². The van der Waals surface area contributed by atoms with E-state index in [2.05, 4.69) is 11.2 Å². The van der Waals surface area contributed by atoms with Gasteiger partial charge in [-0.3, -0.25) is 4.79 Å². The Morgan fingerprint density at radius 3 is 2.86 bits per heavy atom. The normalized spacial score (nSPS) is 11.3. The van der Waals surface area contributed by atoms with Gasteiger partial charge in [-0.1, -0.05) is 0 Å². The van der Waals surface area contributed by atoms with E-state index in [9.17, 15) is 14.0 Å². The number of ether oxygens (including phenoxy) is 1. The largest absolute Gasteiger partial charge is 0.493 e. The number of hydrogen-bond donors (Lipinski definition) is 1. The van der Waals surface area contributed by atoms with Crippen LogP contribution in [0.25, 0.3) is 0 Å². The van der Waals surface area contributed by atoms with Gasteiger partial charge >= 0.3 is 0 Å². The third-order valence-electron chi connectivity index (χ3n) is 2.93. The summed E-state index contributed by atoms with van der Waals surface area (Å²) < 4.78 is 18.6. The Morgan fingerprint density at radius 1 is 1.45 bits per heavy atom. The second kappa shape index (κ2) is 9.56. The fourth-order valence-corrected chi connectivity index (χ4v) is 1.90. The molecule has 1 aromatic carbocycles. The van der Waals surface area contributed by atoms with Crippen LogP contribution in [0.2, 0.25) is 0 Å². The van der Waals surface area contributed by atoms with Crippen LogP contribution >= 0.6 is 0 Å². The third kappa shape index (κ3) is 6.89. The van der Waals surface area contributed by atoms with Crippen LogP contribution in [0.15, 0.2) is 18.2 Å². The molecule has 1 N–H and O–H groups in total. The first-order valence-corrected chi connectivity index (χ1v) is 7.13.